The van der Waals surface area contributed by atoms with Gasteiger partial charge < -0.3 is 10.6 Å². The zero-order valence-electron chi connectivity index (χ0n) is 19.8. The molecule has 4 rings (SSSR count). The molecule has 0 aromatic heterocycles. The van der Waals surface area contributed by atoms with Crippen LogP contribution in [0.1, 0.15) is 55.2 Å². The average Bonchev–Trinajstić information content (AvgIpc) is 2.87. The highest BCUT2D eigenvalue weighted by molar-refractivity contribution is 5.92. The first-order valence-electron chi connectivity index (χ1n) is 12.3. The molecule has 1 aliphatic carbocycles. The van der Waals surface area contributed by atoms with Gasteiger partial charge in [0, 0.05) is 12.5 Å². The van der Waals surface area contributed by atoms with Gasteiger partial charge in [-0.3, -0.25) is 9.59 Å². The predicted molar refractivity (Wildman–Crippen MR) is 136 cm³/mol. The first-order valence-corrected chi connectivity index (χ1v) is 12.3. The quantitative estimate of drug-likeness (QED) is 0.489. The second-order valence-corrected chi connectivity index (χ2v) is 9.47. The van der Waals surface area contributed by atoms with Crippen LogP contribution in [-0.2, 0) is 16.0 Å². The lowest BCUT2D eigenvalue weighted by Gasteiger charge is -2.29. The summed E-state index contributed by atoms with van der Waals surface area (Å²) in [6, 6.07) is 28.9. The first kappa shape index (κ1) is 23.7. The highest BCUT2D eigenvalue weighted by Gasteiger charge is 2.29. The van der Waals surface area contributed by atoms with Crippen LogP contribution in [0.5, 0.6) is 0 Å². The smallest absolute Gasteiger partial charge is 0.243 e. The standard InChI is InChI=1S/C30H34N2O2/c1-22-17-19-26(20-18-22)31-29(33)27(21-23-11-5-2-6-12-23)32-30(34)28(24-13-7-3-8-14-24)25-15-9-4-10-16-25/h2-16,22,26-28H,17-21H2,1H3,(H,31,33)(H,32,34)/t22?,26?,27-/m1/s1. The molecule has 0 radical (unpaired) electrons. The van der Waals surface area contributed by atoms with Crippen LogP contribution < -0.4 is 10.6 Å². The summed E-state index contributed by atoms with van der Waals surface area (Å²) in [6.07, 6.45) is 4.71. The summed E-state index contributed by atoms with van der Waals surface area (Å²) < 4.78 is 0. The summed E-state index contributed by atoms with van der Waals surface area (Å²) in [5, 5.41) is 6.34. The van der Waals surface area contributed by atoms with Crippen LogP contribution in [0, 0.1) is 5.92 Å². The molecule has 1 fully saturated rings. The lowest BCUT2D eigenvalue weighted by molar-refractivity contribution is -0.129. The van der Waals surface area contributed by atoms with E-state index < -0.39 is 12.0 Å². The van der Waals surface area contributed by atoms with E-state index in [0.717, 1.165) is 42.4 Å². The lowest BCUT2D eigenvalue weighted by Crippen LogP contribution is -2.52. The van der Waals surface area contributed by atoms with E-state index in [4.69, 9.17) is 0 Å². The molecule has 176 valence electrons. The molecule has 0 bridgehead atoms. The average molecular weight is 455 g/mol. The predicted octanol–water partition coefficient (Wildman–Crippen LogP) is 5.24. The van der Waals surface area contributed by atoms with Crippen LogP contribution in [0.3, 0.4) is 0 Å². The Balaban J connectivity index is 1.56. The lowest BCUT2D eigenvalue weighted by atomic mass is 9.87. The van der Waals surface area contributed by atoms with E-state index in [-0.39, 0.29) is 17.9 Å². The van der Waals surface area contributed by atoms with Crippen LogP contribution in [0.25, 0.3) is 0 Å². The van der Waals surface area contributed by atoms with Crippen LogP contribution in [0.4, 0.5) is 0 Å². The van der Waals surface area contributed by atoms with Crippen molar-refractivity contribution in [3.05, 3.63) is 108 Å². The van der Waals surface area contributed by atoms with Crippen molar-refractivity contribution in [1.29, 1.82) is 0 Å². The van der Waals surface area contributed by atoms with E-state index in [0.29, 0.717) is 12.3 Å². The summed E-state index contributed by atoms with van der Waals surface area (Å²) >= 11 is 0. The summed E-state index contributed by atoms with van der Waals surface area (Å²) in [4.78, 5) is 27.1. The summed E-state index contributed by atoms with van der Waals surface area (Å²) in [5.41, 5.74) is 2.84. The topological polar surface area (TPSA) is 58.2 Å². The van der Waals surface area contributed by atoms with Gasteiger partial charge in [0.15, 0.2) is 0 Å². The fourth-order valence-corrected chi connectivity index (χ4v) is 4.81. The number of carbonyl (C=O) groups excluding carboxylic acids is 2. The van der Waals surface area contributed by atoms with Crippen molar-refractivity contribution in [2.75, 3.05) is 0 Å². The molecule has 0 unspecified atom stereocenters. The van der Waals surface area contributed by atoms with Gasteiger partial charge in [0.1, 0.15) is 6.04 Å². The molecule has 0 spiro atoms. The third kappa shape index (κ3) is 6.34. The third-order valence-corrected chi connectivity index (χ3v) is 6.81. The number of amides is 2. The summed E-state index contributed by atoms with van der Waals surface area (Å²) in [7, 11) is 0. The van der Waals surface area contributed by atoms with Gasteiger partial charge in [0.2, 0.25) is 11.8 Å². The number of hydrogen-bond donors (Lipinski definition) is 2. The minimum Gasteiger partial charge on any atom is -0.352 e. The molecular formula is C30H34N2O2. The Labute approximate surface area is 202 Å². The maximum atomic E-state index is 13.7. The van der Waals surface area contributed by atoms with Gasteiger partial charge in [-0.25, -0.2) is 0 Å². The molecule has 3 aromatic rings. The largest absolute Gasteiger partial charge is 0.352 e. The second kappa shape index (κ2) is 11.6. The van der Waals surface area contributed by atoms with Crippen molar-refractivity contribution in [1.82, 2.24) is 10.6 Å². The van der Waals surface area contributed by atoms with E-state index in [1.165, 1.54) is 0 Å². The van der Waals surface area contributed by atoms with Crippen molar-refractivity contribution in [3.63, 3.8) is 0 Å². The van der Waals surface area contributed by atoms with E-state index in [1.54, 1.807) is 0 Å². The van der Waals surface area contributed by atoms with Gasteiger partial charge in [0.25, 0.3) is 0 Å². The first-order chi connectivity index (χ1) is 16.6. The molecule has 1 aliphatic rings. The van der Waals surface area contributed by atoms with Gasteiger partial charge >= 0.3 is 0 Å². The molecule has 4 nitrogen and oxygen atoms in total. The van der Waals surface area contributed by atoms with Crippen LogP contribution >= 0.6 is 0 Å². The number of carbonyl (C=O) groups is 2. The molecule has 4 heteroatoms. The zero-order valence-corrected chi connectivity index (χ0v) is 19.8. The van der Waals surface area contributed by atoms with Crippen LogP contribution in [-0.4, -0.2) is 23.9 Å². The van der Waals surface area contributed by atoms with E-state index in [9.17, 15) is 9.59 Å². The van der Waals surface area contributed by atoms with Gasteiger partial charge in [-0.05, 0) is 48.3 Å². The molecule has 34 heavy (non-hydrogen) atoms. The van der Waals surface area contributed by atoms with Crippen molar-refractivity contribution in [3.8, 4) is 0 Å². The monoisotopic (exact) mass is 454 g/mol. The zero-order chi connectivity index (χ0) is 23.8. The fourth-order valence-electron chi connectivity index (χ4n) is 4.81. The van der Waals surface area contributed by atoms with Crippen LogP contribution in [0.2, 0.25) is 0 Å². The van der Waals surface area contributed by atoms with Crippen molar-refractivity contribution in [2.45, 2.75) is 57.0 Å². The molecule has 1 atom stereocenters. The van der Waals surface area contributed by atoms with Crippen LogP contribution in [0.15, 0.2) is 91.0 Å². The molecule has 0 aliphatic heterocycles. The fraction of sp³-hybridized carbons (Fsp3) is 0.333. The van der Waals surface area contributed by atoms with E-state index in [2.05, 4.69) is 17.6 Å². The summed E-state index contributed by atoms with van der Waals surface area (Å²) in [5.74, 6) is -0.0307. The minimum atomic E-state index is -0.635. The van der Waals surface area contributed by atoms with Crippen molar-refractivity contribution < 1.29 is 9.59 Å². The number of hydrogen-bond acceptors (Lipinski definition) is 2. The number of rotatable bonds is 8. The molecule has 2 amide bonds. The SMILES string of the molecule is CC1CCC(NC(=O)[C@@H](Cc2ccccc2)NC(=O)C(c2ccccc2)c2ccccc2)CC1. The highest BCUT2D eigenvalue weighted by Crippen LogP contribution is 2.26. The normalized spacial score (nSPS) is 18.8. The molecule has 2 N–H and O–H groups in total. The molecule has 0 saturated heterocycles. The van der Waals surface area contributed by atoms with Crippen molar-refractivity contribution in [2.24, 2.45) is 5.92 Å². The molecule has 3 aromatic carbocycles. The Morgan fingerprint density at radius 2 is 1.24 bits per heavy atom. The van der Waals surface area contributed by atoms with E-state index in [1.807, 2.05) is 91.0 Å². The maximum absolute atomic E-state index is 13.7. The van der Waals surface area contributed by atoms with Gasteiger partial charge in [-0.1, -0.05) is 97.9 Å². The molecular weight excluding hydrogens is 420 g/mol. The highest BCUT2D eigenvalue weighted by atomic mass is 16.2. The van der Waals surface area contributed by atoms with Gasteiger partial charge in [-0.15, -0.1) is 0 Å². The number of nitrogens with one attached hydrogen (secondary N) is 2. The molecule has 0 heterocycles. The van der Waals surface area contributed by atoms with Crippen molar-refractivity contribution >= 4 is 11.8 Å². The third-order valence-electron chi connectivity index (χ3n) is 6.81. The Morgan fingerprint density at radius 1 is 0.735 bits per heavy atom. The Bertz CT molecular complexity index is 1010. The van der Waals surface area contributed by atoms with Gasteiger partial charge in [0.05, 0.1) is 5.92 Å². The van der Waals surface area contributed by atoms with Gasteiger partial charge in [-0.2, -0.15) is 0 Å². The van der Waals surface area contributed by atoms with E-state index >= 15 is 0 Å². The minimum absolute atomic E-state index is 0.100. The number of benzene rings is 3. The second-order valence-electron chi connectivity index (χ2n) is 9.47. The Morgan fingerprint density at radius 3 is 1.76 bits per heavy atom. The Kier molecular flexibility index (Phi) is 8.13. The molecule has 1 saturated carbocycles. The maximum Gasteiger partial charge on any atom is 0.243 e. The summed E-state index contributed by atoms with van der Waals surface area (Å²) in [6.45, 7) is 2.27. The Hall–Kier alpha value is -3.40.